The first-order valence-electron chi connectivity index (χ1n) is 9.45. The summed E-state index contributed by atoms with van der Waals surface area (Å²) in [5.74, 6) is -0.239. The molecule has 1 amide bonds. The molecule has 0 fully saturated rings. The van der Waals surface area contributed by atoms with Crippen LogP contribution in [0.1, 0.15) is 58.8 Å². The molecular weight excluding hydrogens is 467 g/mol. The first kappa shape index (κ1) is 23.1. The molecule has 0 saturated carbocycles. The molecule has 1 atom stereocenters. The van der Waals surface area contributed by atoms with E-state index in [1.54, 1.807) is 12.1 Å². The summed E-state index contributed by atoms with van der Waals surface area (Å²) in [6.45, 7) is 5.73. The van der Waals surface area contributed by atoms with Crippen LogP contribution in [-0.2, 0) is 15.2 Å². The fourth-order valence-electron chi connectivity index (χ4n) is 3.16. The van der Waals surface area contributed by atoms with Crippen LogP contribution >= 0.6 is 46.1 Å². The van der Waals surface area contributed by atoms with Crippen LogP contribution in [0.15, 0.2) is 23.4 Å². The fraction of sp³-hybridized carbons (Fsp3) is 0.381. The molecule has 3 rings (SSSR count). The van der Waals surface area contributed by atoms with E-state index in [4.69, 9.17) is 39.6 Å². The van der Waals surface area contributed by atoms with E-state index in [2.05, 4.69) is 10.5 Å². The van der Waals surface area contributed by atoms with Crippen molar-refractivity contribution in [3.05, 3.63) is 54.1 Å². The Morgan fingerprint density at radius 2 is 1.90 bits per heavy atom. The molecule has 160 valence electrons. The van der Waals surface area contributed by atoms with Crippen molar-refractivity contribution in [1.29, 1.82) is 0 Å². The molecule has 30 heavy (non-hydrogen) atoms. The molecule has 1 N–H and O–H groups in total. The van der Waals surface area contributed by atoms with E-state index in [0.717, 1.165) is 28.1 Å². The van der Waals surface area contributed by atoms with Crippen LogP contribution < -0.4 is 5.32 Å². The lowest BCUT2D eigenvalue weighted by Gasteiger charge is -2.22. The molecule has 0 saturated heterocycles. The van der Waals surface area contributed by atoms with Gasteiger partial charge in [0.1, 0.15) is 5.71 Å². The van der Waals surface area contributed by atoms with Gasteiger partial charge >= 0.3 is 0 Å². The number of nitrogens with zero attached hydrogens (tertiary/aromatic N) is 1. The third kappa shape index (κ3) is 4.83. The summed E-state index contributed by atoms with van der Waals surface area (Å²) in [4.78, 5) is 31.3. The van der Waals surface area contributed by atoms with Crippen LogP contribution in [-0.4, -0.2) is 23.9 Å². The van der Waals surface area contributed by atoms with Crippen LogP contribution in [0.3, 0.4) is 0 Å². The number of nitrogens with one attached hydrogen (secondary N) is 1. The van der Waals surface area contributed by atoms with Gasteiger partial charge in [-0.3, -0.25) is 9.59 Å². The first-order chi connectivity index (χ1) is 14.1. The second-order valence-electron chi connectivity index (χ2n) is 7.38. The van der Waals surface area contributed by atoms with Crippen molar-refractivity contribution in [2.75, 3.05) is 6.54 Å². The van der Waals surface area contributed by atoms with Gasteiger partial charge in [-0.05, 0) is 44.0 Å². The molecule has 2 heterocycles. The van der Waals surface area contributed by atoms with Gasteiger partial charge in [-0.15, -0.1) is 11.3 Å². The number of amides is 1. The number of carbonyl (C=O) groups is 2. The summed E-state index contributed by atoms with van der Waals surface area (Å²) in [5, 5.41) is 7.94. The minimum absolute atomic E-state index is 0.0184. The summed E-state index contributed by atoms with van der Waals surface area (Å²) in [5.41, 5.74) is 1.57. The highest BCUT2D eigenvalue weighted by Crippen LogP contribution is 2.41. The zero-order valence-corrected chi connectivity index (χ0v) is 19.9. The van der Waals surface area contributed by atoms with Crippen LogP contribution in [0.2, 0.25) is 15.1 Å². The number of hydrogen-bond acceptors (Lipinski definition) is 5. The second-order valence-corrected chi connectivity index (χ2v) is 9.63. The van der Waals surface area contributed by atoms with Crippen molar-refractivity contribution in [2.24, 2.45) is 5.16 Å². The lowest BCUT2D eigenvalue weighted by atomic mass is 9.90. The van der Waals surface area contributed by atoms with Gasteiger partial charge in [-0.1, -0.05) is 46.9 Å². The largest absolute Gasteiger partial charge is 0.384 e. The molecule has 0 aliphatic carbocycles. The number of hydrogen-bond donors (Lipinski definition) is 1. The number of benzene rings is 1. The topological polar surface area (TPSA) is 67.8 Å². The van der Waals surface area contributed by atoms with Crippen molar-refractivity contribution in [2.45, 2.75) is 45.6 Å². The highest BCUT2D eigenvalue weighted by molar-refractivity contribution is 7.16. The van der Waals surface area contributed by atoms with Crippen molar-refractivity contribution in [1.82, 2.24) is 5.32 Å². The van der Waals surface area contributed by atoms with Crippen LogP contribution in [0.5, 0.6) is 0 Å². The Morgan fingerprint density at radius 3 is 2.53 bits per heavy atom. The third-order valence-electron chi connectivity index (χ3n) is 4.84. The predicted octanol–water partition coefficient (Wildman–Crippen LogP) is 6.16. The molecule has 0 bridgehead atoms. The van der Waals surface area contributed by atoms with E-state index >= 15 is 0 Å². The van der Waals surface area contributed by atoms with E-state index in [9.17, 15) is 9.59 Å². The summed E-state index contributed by atoms with van der Waals surface area (Å²) in [7, 11) is 0. The van der Waals surface area contributed by atoms with Crippen LogP contribution in [0, 0.1) is 6.92 Å². The summed E-state index contributed by atoms with van der Waals surface area (Å²) in [6.07, 6.45) is 1.71. The monoisotopic (exact) mass is 486 g/mol. The summed E-state index contributed by atoms with van der Waals surface area (Å²) < 4.78 is 0. The first-order valence-corrected chi connectivity index (χ1v) is 11.4. The van der Waals surface area contributed by atoms with Gasteiger partial charge in [-0.25, -0.2) is 0 Å². The Hall–Kier alpha value is -1.60. The quantitative estimate of drug-likeness (QED) is 0.476. The summed E-state index contributed by atoms with van der Waals surface area (Å²) >= 11 is 19.7. The number of rotatable bonds is 7. The number of Topliss-reactive ketones (excluding diaryl/α,β-unsaturated/α-hetero) is 1. The Morgan fingerprint density at radius 1 is 1.23 bits per heavy atom. The molecule has 1 aromatic heterocycles. The number of oxime groups is 1. The molecule has 1 aliphatic rings. The Balaban J connectivity index is 1.75. The molecule has 1 unspecified atom stereocenters. The maximum atomic E-state index is 12.5. The van der Waals surface area contributed by atoms with Gasteiger partial charge in [0, 0.05) is 18.4 Å². The van der Waals surface area contributed by atoms with Crippen LogP contribution in [0.4, 0.5) is 0 Å². The Bertz CT molecular complexity index is 1010. The van der Waals surface area contributed by atoms with Crippen molar-refractivity contribution >= 4 is 63.5 Å². The molecule has 0 spiro atoms. The zero-order chi connectivity index (χ0) is 22.1. The van der Waals surface area contributed by atoms with Gasteiger partial charge in [-0.2, -0.15) is 0 Å². The van der Waals surface area contributed by atoms with Crippen LogP contribution in [0.25, 0.3) is 0 Å². The number of ketones is 1. The normalized spacial score (nSPS) is 18.1. The molecule has 2 aromatic rings. The number of aryl methyl sites for hydroxylation is 1. The SMILES string of the molecule is CCCC(=O)CNC(=O)c1sc(C2=NOC(C)(c3cc(Cl)c(Cl)c(Cl)c3)C2)cc1C. The third-order valence-corrected chi connectivity index (χ3v) is 7.32. The number of thiophene rings is 1. The van der Waals surface area contributed by atoms with Gasteiger partial charge < -0.3 is 10.2 Å². The Kier molecular flexibility index (Phi) is 7.13. The molecule has 0 radical (unpaired) electrons. The maximum absolute atomic E-state index is 12.5. The predicted molar refractivity (Wildman–Crippen MR) is 122 cm³/mol. The summed E-state index contributed by atoms with van der Waals surface area (Å²) in [6, 6.07) is 5.35. The standard InChI is InChI=1S/C21H21Cl3N2O3S/c1-4-5-13(27)10-25-20(28)19-11(2)6-17(30-19)16-9-21(3,29-26-16)12-7-14(22)18(24)15(23)8-12/h6-8H,4-5,9-10H2,1-3H3,(H,25,28). The van der Waals surface area contributed by atoms with E-state index in [-0.39, 0.29) is 18.2 Å². The highest BCUT2D eigenvalue weighted by atomic mass is 35.5. The highest BCUT2D eigenvalue weighted by Gasteiger charge is 2.38. The minimum atomic E-state index is -0.750. The van der Waals surface area contributed by atoms with Crippen molar-refractivity contribution in [3.63, 3.8) is 0 Å². The van der Waals surface area contributed by atoms with E-state index in [1.165, 1.54) is 11.3 Å². The lowest BCUT2D eigenvalue weighted by Crippen LogP contribution is -2.29. The molecule has 9 heteroatoms. The lowest BCUT2D eigenvalue weighted by molar-refractivity contribution is -0.118. The number of halogens is 3. The van der Waals surface area contributed by atoms with Gasteiger partial charge in [0.05, 0.1) is 31.4 Å². The number of carbonyl (C=O) groups excluding carboxylic acids is 2. The van der Waals surface area contributed by atoms with Crippen molar-refractivity contribution < 1.29 is 14.4 Å². The molecule has 5 nitrogen and oxygen atoms in total. The zero-order valence-electron chi connectivity index (χ0n) is 16.8. The van der Waals surface area contributed by atoms with E-state index in [0.29, 0.717) is 32.8 Å². The van der Waals surface area contributed by atoms with Gasteiger partial charge in [0.25, 0.3) is 5.91 Å². The second kappa shape index (κ2) is 9.27. The van der Waals surface area contributed by atoms with E-state index < -0.39 is 5.60 Å². The maximum Gasteiger partial charge on any atom is 0.262 e. The van der Waals surface area contributed by atoms with Gasteiger partial charge in [0.15, 0.2) is 11.4 Å². The molecule has 1 aliphatic heterocycles. The van der Waals surface area contributed by atoms with E-state index in [1.807, 2.05) is 26.8 Å². The minimum Gasteiger partial charge on any atom is -0.384 e. The van der Waals surface area contributed by atoms with Crippen molar-refractivity contribution in [3.8, 4) is 0 Å². The molecule has 1 aromatic carbocycles. The molecular formula is C21H21Cl3N2O3S. The average Bonchev–Trinajstić information content (AvgIpc) is 3.28. The Labute approximate surface area is 194 Å². The van der Waals surface area contributed by atoms with Gasteiger partial charge in [0.2, 0.25) is 0 Å². The fourth-order valence-corrected chi connectivity index (χ4v) is 4.83. The smallest absolute Gasteiger partial charge is 0.262 e. The average molecular weight is 488 g/mol.